The van der Waals surface area contributed by atoms with Crippen molar-refractivity contribution in [3.8, 4) is 0 Å². The van der Waals surface area contributed by atoms with Gasteiger partial charge in [0.1, 0.15) is 5.82 Å². The van der Waals surface area contributed by atoms with Crippen molar-refractivity contribution in [1.82, 2.24) is 9.21 Å². The Kier molecular flexibility index (Phi) is 5.35. The fourth-order valence-corrected chi connectivity index (χ4v) is 5.47. The molecular weight excluding hydrogens is 367 g/mol. The average Bonchev–Trinajstić information content (AvgIpc) is 2.60. The molecule has 1 fully saturated rings. The standard InChI is InChI=1S/C20H23FN2O3S/c1-14-12-15(2)19(16(3)13-14)27(25,26)23-10-8-22(9-11-23)20(24)17-6-4-5-7-18(17)21/h4-7,12-13H,8-11H2,1-3H3. The predicted octanol–water partition coefficient (Wildman–Crippen LogP) is 2.90. The van der Waals surface area contributed by atoms with Gasteiger partial charge < -0.3 is 4.90 Å². The molecule has 27 heavy (non-hydrogen) atoms. The first-order valence-corrected chi connectivity index (χ1v) is 10.3. The maximum Gasteiger partial charge on any atom is 0.256 e. The molecule has 1 amide bonds. The zero-order valence-electron chi connectivity index (χ0n) is 15.7. The van der Waals surface area contributed by atoms with E-state index in [1.807, 2.05) is 19.1 Å². The number of carbonyl (C=O) groups is 1. The molecule has 0 bridgehead atoms. The van der Waals surface area contributed by atoms with E-state index in [9.17, 15) is 17.6 Å². The zero-order chi connectivity index (χ0) is 19.8. The minimum Gasteiger partial charge on any atom is -0.336 e. The highest BCUT2D eigenvalue weighted by molar-refractivity contribution is 7.89. The molecule has 0 aromatic heterocycles. The summed E-state index contributed by atoms with van der Waals surface area (Å²) in [6.07, 6.45) is 0. The molecule has 0 aliphatic carbocycles. The number of benzene rings is 2. The highest BCUT2D eigenvalue weighted by Gasteiger charge is 2.32. The molecule has 0 spiro atoms. The summed E-state index contributed by atoms with van der Waals surface area (Å²) in [5.41, 5.74) is 2.47. The number of sulfonamides is 1. The lowest BCUT2D eigenvalue weighted by atomic mass is 10.1. The van der Waals surface area contributed by atoms with Crippen LogP contribution in [-0.2, 0) is 10.0 Å². The van der Waals surface area contributed by atoms with E-state index in [1.54, 1.807) is 19.9 Å². The molecule has 0 N–H and O–H groups in total. The van der Waals surface area contributed by atoms with E-state index in [0.717, 1.165) is 16.7 Å². The maximum atomic E-state index is 13.8. The molecule has 1 heterocycles. The van der Waals surface area contributed by atoms with Gasteiger partial charge in [-0.2, -0.15) is 4.31 Å². The molecule has 0 atom stereocenters. The molecule has 0 unspecified atom stereocenters. The van der Waals surface area contributed by atoms with Crippen LogP contribution in [0.4, 0.5) is 4.39 Å². The number of nitrogens with zero attached hydrogens (tertiary/aromatic N) is 2. The third-order valence-electron chi connectivity index (χ3n) is 4.83. The number of carbonyl (C=O) groups excluding carboxylic acids is 1. The van der Waals surface area contributed by atoms with Gasteiger partial charge in [0.15, 0.2) is 0 Å². The Morgan fingerprint density at radius 2 is 1.52 bits per heavy atom. The fourth-order valence-electron chi connectivity index (χ4n) is 3.64. The first-order chi connectivity index (χ1) is 12.7. The monoisotopic (exact) mass is 390 g/mol. The topological polar surface area (TPSA) is 57.7 Å². The summed E-state index contributed by atoms with van der Waals surface area (Å²) >= 11 is 0. The van der Waals surface area contributed by atoms with E-state index in [4.69, 9.17) is 0 Å². The molecule has 144 valence electrons. The van der Waals surface area contributed by atoms with Gasteiger partial charge in [0, 0.05) is 26.2 Å². The van der Waals surface area contributed by atoms with Gasteiger partial charge in [0.25, 0.3) is 5.91 Å². The van der Waals surface area contributed by atoms with Gasteiger partial charge in [-0.3, -0.25) is 4.79 Å². The van der Waals surface area contributed by atoms with E-state index < -0.39 is 21.7 Å². The van der Waals surface area contributed by atoms with Gasteiger partial charge in [0.2, 0.25) is 10.0 Å². The van der Waals surface area contributed by atoms with Crippen molar-refractivity contribution in [1.29, 1.82) is 0 Å². The predicted molar refractivity (Wildman–Crippen MR) is 102 cm³/mol. The van der Waals surface area contributed by atoms with Crippen LogP contribution in [0.1, 0.15) is 27.0 Å². The number of piperazine rings is 1. The van der Waals surface area contributed by atoms with Crippen LogP contribution in [0.2, 0.25) is 0 Å². The largest absolute Gasteiger partial charge is 0.336 e. The average molecular weight is 390 g/mol. The summed E-state index contributed by atoms with van der Waals surface area (Å²) in [5.74, 6) is -0.976. The van der Waals surface area contributed by atoms with Crippen LogP contribution >= 0.6 is 0 Å². The van der Waals surface area contributed by atoms with E-state index in [0.29, 0.717) is 4.90 Å². The molecule has 1 aliphatic heterocycles. The van der Waals surface area contributed by atoms with E-state index in [-0.39, 0.29) is 31.7 Å². The lowest BCUT2D eigenvalue weighted by Crippen LogP contribution is -2.50. The first-order valence-electron chi connectivity index (χ1n) is 8.83. The summed E-state index contributed by atoms with van der Waals surface area (Å²) in [5, 5.41) is 0. The Hall–Kier alpha value is -2.25. The highest BCUT2D eigenvalue weighted by Crippen LogP contribution is 2.26. The minimum absolute atomic E-state index is 0.0130. The molecular formula is C20H23FN2O3S. The van der Waals surface area contributed by atoms with Gasteiger partial charge in [-0.1, -0.05) is 29.8 Å². The van der Waals surface area contributed by atoms with Gasteiger partial charge in [0.05, 0.1) is 10.5 Å². The third-order valence-corrected chi connectivity index (χ3v) is 7.04. The lowest BCUT2D eigenvalue weighted by Gasteiger charge is -2.34. The van der Waals surface area contributed by atoms with Crippen molar-refractivity contribution in [2.75, 3.05) is 26.2 Å². The second-order valence-electron chi connectivity index (χ2n) is 6.90. The first kappa shape index (κ1) is 19.5. The SMILES string of the molecule is Cc1cc(C)c(S(=O)(=O)N2CCN(C(=O)c3ccccc3F)CC2)c(C)c1. The van der Waals surface area contributed by atoms with E-state index in [1.165, 1.54) is 27.4 Å². The molecule has 1 aliphatic rings. The molecule has 3 rings (SSSR count). The van der Waals surface area contributed by atoms with Crippen molar-refractivity contribution >= 4 is 15.9 Å². The van der Waals surface area contributed by atoms with E-state index >= 15 is 0 Å². The maximum absolute atomic E-state index is 13.8. The molecule has 0 saturated carbocycles. The number of rotatable bonds is 3. The number of aryl methyl sites for hydroxylation is 3. The van der Waals surface area contributed by atoms with E-state index in [2.05, 4.69) is 0 Å². The number of hydrogen-bond acceptors (Lipinski definition) is 3. The van der Waals surface area contributed by atoms with Crippen molar-refractivity contribution in [3.63, 3.8) is 0 Å². The second-order valence-corrected chi connectivity index (χ2v) is 8.78. The van der Waals surface area contributed by atoms with Crippen molar-refractivity contribution in [2.24, 2.45) is 0 Å². The summed E-state index contributed by atoms with van der Waals surface area (Å²) in [4.78, 5) is 14.3. The smallest absolute Gasteiger partial charge is 0.256 e. The van der Waals surface area contributed by atoms with Gasteiger partial charge in [-0.15, -0.1) is 0 Å². The molecule has 5 nitrogen and oxygen atoms in total. The Bertz CT molecular complexity index is 957. The Morgan fingerprint density at radius 3 is 2.07 bits per heavy atom. The summed E-state index contributed by atoms with van der Waals surface area (Å²) in [6.45, 7) is 6.37. The van der Waals surface area contributed by atoms with Crippen LogP contribution < -0.4 is 0 Å². The number of halogens is 1. The van der Waals surface area contributed by atoms with Crippen molar-refractivity contribution in [3.05, 3.63) is 64.5 Å². The molecule has 7 heteroatoms. The highest BCUT2D eigenvalue weighted by atomic mass is 32.2. The van der Waals surface area contributed by atoms with Crippen LogP contribution in [0.5, 0.6) is 0 Å². The second kappa shape index (κ2) is 7.40. The normalized spacial score (nSPS) is 15.8. The lowest BCUT2D eigenvalue weighted by molar-refractivity contribution is 0.0693. The molecule has 0 radical (unpaired) electrons. The Balaban J connectivity index is 1.78. The number of hydrogen-bond donors (Lipinski definition) is 0. The Morgan fingerprint density at radius 1 is 0.963 bits per heavy atom. The fraction of sp³-hybridized carbons (Fsp3) is 0.350. The summed E-state index contributed by atoms with van der Waals surface area (Å²) in [6, 6.07) is 9.55. The van der Waals surface area contributed by atoms with Crippen molar-refractivity contribution in [2.45, 2.75) is 25.7 Å². The van der Waals surface area contributed by atoms with Crippen LogP contribution in [0.25, 0.3) is 0 Å². The number of amides is 1. The zero-order valence-corrected chi connectivity index (χ0v) is 16.5. The van der Waals surface area contributed by atoms with Gasteiger partial charge >= 0.3 is 0 Å². The van der Waals surface area contributed by atoms with Crippen molar-refractivity contribution < 1.29 is 17.6 Å². The van der Waals surface area contributed by atoms with Gasteiger partial charge in [-0.05, 0) is 44.0 Å². The minimum atomic E-state index is -3.64. The molecule has 1 saturated heterocycles. The summed E-state index contributed by atoms with van der Waals surface area (Å²) in [7, 11) is -3.64. The quantitative estimate of drug-likeness (QED) is 0.810. The molecule has 2 aromatic rings. The van der Waals surface area contributed by atoms with Crippen LogP contribution in [0, 0.1) is 26.6 Å². The van der Waals surface area contributed by atoms with Crippen LogP contribution in [0.3, 0.4) is 0 Å². The third kappa shape index (κ3) is 3.75. The van der Waals surface area contributed by atoms with Crippen LogP contribution in [0.15, 0.2) is 41.3 Å². The molecule has 2 aromatic carbocycles. The van der Waals surface area contributed by atoms with Gasteiger partial charge in [-0.25, -0.2) is 12.8 Å². The van der Waals surface area contributed by atoms with Crippen LogP contribution in [-0.4, -0.2) is 49.7 Å². The Labute approximate surface area is 159 Å². The summed E-state index contributed by atoms with van der Waals surface area (Å²) < 4.78 is 41.5.